The van der Waals surface area contributed by atoms with Crippen LogP contribution in [-0.2, 0) is 21.2 Å². The van der Waals surface area contributed by atoms with Crippen LogP contribution in [0.5, 0.6) is 0 Å². The van der Waals surface area contributed by atoms with Crippen LogP contribution in [0.25, 0.3) is 0 Å². The van der Waals surface area contributed by atoms with E-state index in [0.717, 1.165) is 24.1 Å². The Kier molecular flexibility index (Phi) is 5.88. The smallest absolute Gasteiger partial charge is 0.255 e. The van der Waals surface area contributed by atoms with Gasteiger partial charge >= 0.3 is 0 Å². The Morgan fingerprint density at radius 1 is 1.19 bits per heavy atom. The molecule has 8 heteroatoms. The number of ether oxygens (including phenoxy) is 1. The minimum atomic E-state index is -4.03. The predicted octanol–water partition coefficient (Wildman–Crippen LogP) is 2.66. The lowest BCUT2D eigenvalue weighted by atomic mass is 10.1. The van der Waals surface area contributed by atoms with Crippen molar-refractivity contribution in [3.8, 4) is 0 Å². The third-order valence-corrected chi connectivity index (χ3v) is 6.29. The van der Waals surface area contributed by atoms with Gasteiger partial charge in [-0.1, -0.05) is 19.1 Å². The molecule has 144 valence electrons. The molecular weight excluding hydrogens is 371 g/mol. The molecule has 1 heterocycles. The molecule has 0 spiro atoms. The van der Waals surface area contributed by atoms with Gasteiger partial charge in [-0.05, 0) is 42.3 Å². The molecule has 0 atom stereocenters. The lowest BCUT2D eigenvalue weighted by molar-refractivity contribution is 0.0729. The van der Waals surface area contributed by atoms with Crippen molar-refractivity contribution in [2.75, 3.05) is 31.6 Å². The maximum atomic E-state index is 14.2. The molecule has 1 fully saturated rings. The van der Waals surface area contributed by atoms with E-state index in [1.165, 1.54) is 10.4 Å². The fraction of sp³-hybridized carbons (Fsp3) is 0.316. The van der Waals surface area contributed by atoms with E-state index in [4.69, 9.17) is 4.74 Å². The van der Waals surface area contributed by atoms with Crippen molar-refractivity contribution in [1.29, 1.82) is 0 Å². The molecule has 1 saturated heterocycles. The lowest BCUT2D eigenvalue weighted by Crippen LogP contribution is -2.41. The topological polar surface area (TPSA) is 75.7 Å². The average Bonchev–Trinajstić information content (AvgIpc) is 2.69. The Morgan fingerprint density at radius 3 is 2.63 bits per heavy atom. The van der Waals surface area contributed by atoms with Gasteiger partial charge < -0.3 is 10.1 Å². The maximum absolute atomic E-state index is 14.2. The summed E-state index contributed by atoms with van der Waals surface area (Å²) in [4.78, 5) is 12.0. The highest BCUT2D eigenvalue weighted by Crippen LogP contribution is 2.22. The zero-order valence-corrected chi connectivity index (χ0v) is 15.8. The first-order valence-corrected chi connectivity index (χ1v) is 10.1. The number of hydrogen-bond acceptors (Lipinski definition) is 4. The van der Waals surface area contributed by atoms with Crippen molar-refractivity contribution >= 4 is 21.6 Å². The number of rotatable bonds is 5. The number of aryl methyl sites for hydroxylation is 1. The molecule has 0 aromatic heterocycles. The van der Waals surface area contributed by atoms with E-state index in [1.807, 2.05) is 25.1 Å². The molecule has 6 nitrogen and oxygen atoms in total. The zero-order valence-electron chi connectivity index (χ0n) is 14.9. The second-order valence-corrected chi connectivity index (χ2v) is 8.08. The molecule has 1 aliphatic rings. The van der Waals surface area contributed by atoms with Crippen molar-refractivity contribution < 1.29 is 22.3 Å². The summed E-state index contributed by atoms with van der Waals surface area (Å²) in [6.45, 7) is 2.83. The first kappa shape index (κ1) is 19.5. The third-order valence-electron chi connectivity index (χ3n) is 4.37. The highest BCUT2D eigenvalue weighted by atomic mass is 32.2. The van der Waals surface area contributed by atoms with Crippen molar-refractivity contribution in [3.05, 3.63) is 59.4 Å². The number of morpholine rings is 1. The third kappa shape index (κ3) is 4.35. The molecule has 2 aromatic rings. The van der Waals surface area contributed by atoms with Gasteiger partial charge in [0.25, 0.3) is 5.91 Å². The van der Waals surface area contributed by atoms with Gasteiger partial charge in [0.2, 0.25) is 10.0 Å². The molecule has 0 bridgehead atoms. The number of carbonyl (C=O) groups excluding carboxylic acids is 1. The summed E-state index contributed by atoms with van der Waals surface area (Å²) in [5, 5.41) is 2.72. The van der Waals surface area contributed by atoms with Crippen LogP contribution < -0.4 is 5.32 Å². The summed E-state index contributed by atoms with van der Waals surface area (Å²) < 4.78 is 46.0. The standard InChI is InChI=1S/C19H21FN2O4S/c1-2-14-4-3-5-16(12-14)21-19(23)15-6-7-17(20)18(13-15)27(24,25)22-8-10-26-11-9-22/h3-7,12-13H,2,8-11H2,1H3,(H,21,23). The zero-order chi connectivity index (χ0) is 19.4. The molecule has 1 aliphatic heterocycles. The van der Waals surface area contributed by atoms with Crippen LogP contribution in [0.1, 0.15) is 22.8 Å². The number of hydrogen-bond donors (Lipinski definition) is 1. The van der Waals surface area contributed by atoms with E-state index >= 15 is 0 Å². The maximum Gasteiger partial charge on any atom is 0.255 e. The lowest BCUT2D eigenvalue weighted by Gasteiger charge is -2.26. The molecule has 3 rings (SSSR count). The summed E-state index contributed by atoms with van der Waals surface area (Å²) in [5.41, 5.74) is 1.73. The van der Waals surface area contributed by atoms with Crippen molar-refractivity contribution in [1.82, 2.24) is 4.31 Å². The molecular formula is C19H21FN2O4S. The molecule has 0 unspecified atom stereocenters. The quantitative estimate of drug-likeness (QED) is 0.849. The molecule has 1 amide bonds. The van der Waals surface area contributed by atoms with E-state index in [9.17, 15) is 17.6 Å². The Balaban J connectivity index is 1.87. The van der Waals surface area contributed by atoms with Crippen LogP contribution in [0, 0.1) is 5.82 Å². The van der Waals surface area contributed by atoms with Crippen LogP contribution in [0.3, 0.4) is 0 Å². The van der Waals surface area contributed by atoms with Crippen LogP contribution in [0.4, 0.5) is 10.1 Å². The average molecular weight is 392 g/mol. The Bertz CT molecular complexity index is 940. The van der Waals surface area contributed by atoms with Crippen molar-refractivity contribution in [2.24, 2.45) is 0 Å². The number of halogens is 1. The minimum Gasteiger partial charge on any atom is -0.379 e. The summed E-state index contributed by atoms with van der Waals surface area (Å²) in [6, 6.07) is 10.7. The normalized spacial score (nSPS) is 15.5. The van der Waals surface area contributed by atoms with Gasteiger partial charge in [0, 0.05) is 24.3 Å². The van der Waals surface area contributed by atoms with Crippen LogP contribution in [0.15, 0.2) is 47.4 Å². The second-order valence-electron chi connectivity index (χ2n) is 6.17. The number of anilines is 1. The van der Waals surface area contributed by atoms with E-state index in [2.05, 4.69) is 5.32 Å². The largest absolute Gasteiger partial charge is 0.379 e. The number of nitrogens with zero attached hydrogens (tertiary/aromatic N) is 1. The Morgan fingerprint density at radius 2 is 1.93 bits per heavy atom. The summed E-state index contributed by atoms with van der Waals surface area (Å²) in [6.07, 6.45) is 0.822. The molecule has 0 radical (unpaired) electrons. The summed E-state index contributed by atoms with van der Waals surface area (Å²) in [5.74, 6) is -1.38. The minimum absolute atomic E-state index is 0.0742. The second kappa shape index (κ2) is 8.16. The van der Waals surface area contributed by atoms with Crippen LogP contribution in [0.2, 0.25) is 0 Å². The van der Waals surface area contributed by atoms with Gasteiger partial charge in [0.15, 0.2) is 0 Å². The molecule has 1 N–H and O–H groups in total. The van der Waals surface area contributed by atoms with Crippen LogP contribution >= 0.6 is 0 Å². The van der Waals surface area contributed by atoms with E-state index in [1.54, 1.807) is 6.07 Å². The van der Waals surface area contributed by atoms with Gasteiger partial charge in [-0.15, -0.1) is 0 Å². The van der Waals surface area contributed by atoms with Gasteiger partial charge in [0.05, 0.1) is 13.2 Å². The van der Waals surface area contributed by atoms with E-state index in [0.29, 0.717) is 5.69 Å². The molecule has 2 aromatic carbocycles. The number of carbonyl (C=O) groups is 1. The Labute approximate surface area is 158 Å². The van der Waals surface area contributed by atoms with Gasteiger partial charge in [-0.3, -0.25) is 4.79 Å². The van der Waals surface area contributed by atoms with Gasteiger partial charge in [0.1, 0.15) is 10.7 Å². The van der Waals surface area contributed by atoms with E-state index in [-0.39, 0.29) is 31.9 Å². The molecule has 0 saturated carbocycles. The number of sulfonamides is 1. The van der Waals surface area contributed by atoms with Crippen molar-refractivity contribution in [3.63, 3.8) is 0 Å². The summed E-state index contributed by atoms with van der Waals surface area (Å²) >= 11 is 0. The molecule has 0 aliphatic carbocycles. The highest BCUT2D eigenvalue weighted by molar-refractivity contribution is 7.89. The first-order chi connectivity index (χ1) is 12.9. The Hall–Kier alpha value is -2.29. The monoisotopic (exact) mass is 392 g/mol. The fourth-order valence-electron chi connectivity index (χ4n) is 2.84. The number of benzene rings is 2. The van der Waals surface area contributed by atoms with Crippen molar-refractivity contribution in [2.45, 2.75) is 18.2 Å². The highest BCUT2D eigenvalue weighted by Gasteiger charge is 2.29. The van der Waals surface area contributed by atoms with Gasteiger partial charge in [-0.2, -0.15) is 4.31 Å². The van der Waals surface area contributed by atoms with Gasteiger partial charge in [-0.25, -0.2) is 12.8 Å². The first-order valence-electron chi connectivity index (χ1n) is 8.69. The predicted molar refractivity (Wildman–Crippen MR) is 99.8 cm³/mol. The number of amides is 1. The SMILES string of the molecule is CCc1cccc(NC(=O)c2ccc(F)c(S(=O)(=O)N3CCOCC3)c2)c1. The molecule has 27 heavy (non-hydrogen) atoms. The number of nitrogens with one attached hydrogen (secondary N) is 1. The fourth-order valence-corrected chi connectivity index (χ4v) is 4.34. The summed E-state index contributed by atoms with van der Waals surface area (Å²) in [7, 11) is -4.03. The van der Waals surface area contributed by atoms with E-state index < -0.39 is 26.6 Å². The van der Waals surface area contributed by atoms with Crippen LogP contribution in [-0.4, -0.2) is 44.9 Å².